The van der Waals surface area contributed by atoms with Gasteiger partial charge in [-0.1, -0.05) is 6.07 Å². The van der Waals surface area contributed by atoms with Gasteiger partial charge in [0.05, 0.1) is 6.10 Å². The number of hydrogen-bond donors (Lipinski definition) is 1. The molecule has 2 aliphatic rings. The highest BCUT2D eigenvalue weighted by molar-refractivity contribution is 5.80. The summed E-state index contributed by atoms with van der Waals surface area (Å²) in [6.07, 6.45) is 5.69. The van der Waals surface area contributed by atoms with Crippen molar-refractivity contribution < 1.29 is 4.74 Å². The van der Waals surface area contributed by atoms with E-state index < -0.39 is 0 Å². The molecule has 2 saturated heterocycles. The Morgan fingerprint density at radius 1 is 1.33 bits per heavy atom. The molecule has 1 atom stereocenters. The van der Waals surface area contributed by atoms with Crippen molar-refractivity contribution in [3.05, 3.63) is 24.4 Å². The van der Waals surface area contributed by atoms with Gasteiger partial charge in [-0.3, -0.25) is 4.99 Å². The number of piperazine rings is 1. The fourth-order valence-corrected chi connectivity index (χ4v) is 3.30. The van der Waals surface area contributed by atoms with E-state index in [1.54, 1.807) is 0 Å². The molecule has 2 aliphatic heterocycles. The Labute approximate surface area is 144 Å². The third-order valence-corrected chi connectivity index (χ3v) is 4.62. The van der Waals surface area contributed by atoms with E-state index in [1.165, 1.54) is 12.8 Å². The summed E-state index contributed by atoms with van der Waals surface area (Å²) in [7, 11) is 0. The molecular formula is C18H29N5O. The predicted molar refractivity (Wildman–Crippen MR) is 97.6 cm³/mol. The fraction of sp³-hybridized carbons (Fsp3) is 0.667. The van der Waals surface area contributed by atoms with Crippen LogP contribution in [0.25, 0.3) is 0 Å². The third kappa shape index (κ3) is 4.60. The van der Waals surface area contributed by atoms with Crippen molar-refractivity contribution in [2.45, 2.75) is 32.3 Å². The smallest absolute Gasteiger partial charge is 0.194 e. The van der Waals surface area contributed by atoms with E-state index in [0.29, 0.717) is 6.10 Å². The number of rotatable bonds is 5. The summed E-state index contributed by atoms with van der Waals surface area (Å²) in [4.78, 5) is 14.0. The largest absolute Gasteiger partial charge is 0.378 e. The Morgan fingerprint density at radius 3 is 2.88 bits per heavy atom. The maximum Gasteiger partial charge on any atom is 0.194 e. The van der Waals surface area contributed by atoms with Crippen molar-refractivity contribution in [1.29, 1.82) is 0 Å². The molecule has 0 radical (unpaired) electrons. The highest BCUT2D eigenvalue weighted by Gasteiger charge is 2.20. The van der Waals surface area contributed by atoms with Crippen molar-refractivity contribution in [2.75, 3.05) is 50.8 Å². The molecule has 0 aliphatic carbocycles. The van der Waals surface area contributed by atoms with Gasteiger partial charge in [0, 0.05) is 52.1 Å². The molecule has 1 N–H and O–H groups in total. The molecule has 3 rings (SSSR count). The molecule has 0 amide bonds. The topological polar surface area (TPSA) is 53.0 Å². The van der Waals surface area contributed by atoms with Gasteiger partial charge in [-0.15, -0.1) is 0 Å². The van der Waals surface area contributed by atoms with Gasteiger partial charge >= 0.3 is 0 Å². The molecule has 0 aromatic carbocycles. The lowest BCUT2D eigenvalue weighted by atomic mass is 10.2. The summed E-state index contributed by atoms with van der Waals surface area (Å²) < 4.78 is 5.69. The lowest BCUT2D eigenvalue weighted by Crippen LogP contribution is -2.52. The van der Waals surface area contributed by atoms with Crippen LogP contribution in [0.5, 0.6) is 0 Å². The first kappa shape index (κ1) is 17.0. The van der Waals surface area contributed by atoms with Crippen LogP contribution < -0.4 is 10.2 Å². The monoisotopic (exact) mass is 331 g/mol. The number of nitrogens with zero attached hydrogens (tertiary/aromatic N) is 4. The summed E-state index contributed by atoms with van der Waals surface area (Å²) >= 11 is 0. The van der Waals surface area contributed by atoms with E-state index in [0.717, 1.165) is 64.1 Å². The Hall–Kier alpha value is -1.82. The van der Waals surface area contributed by atoms with Crippen LogP contribution >= 0.6 is 0 Å². The van der Waals surface area contributed by atoms with E-state index in [1.807, 2.05) is 18.3 Å². The van der Waals surface area contributed by atoms with E-state index in [2.05, 4.69) is 33.1 Å². The number of pyridine rings is 1. The zero-order valence-corrected chi connectivity index (χ0v) is 14.7. The van der Waals surface area contributed by atoms with Crippen molar-refractivity contribution >= 4 is 11.8 Å². The second-order valence-electron chi connectivity index (χ2n) is 6.32. The predicted octanol–water partition coefficient (Wildman–Crippen LogP) is 1.74. The lowest BCUT2D eigenvalue weighted by molar-refractivity contribution is 0.106. The van der Waals surface area contributed by atoms with Crippen LogP contribution in [0.15, 0.2) is 29.4 Å². The maximum atomic E-state index is 5.69. The van der Waals surface area contributed by atoms with Gasteiger partial charge in [0.1, 0.15) is 5.82 Å². The summed E-state index contributed by atoms with van der Waals surface area (Å²) in [5.41, 5.74) is 0. The van der Waals surface area contributed by atoms with Crippen LogP contribution in [-0.2, 0) is 4.74 Å². The Kier molecular flexibility index (Phi) is 6.29. The Bertz CT molecular complexity index is 507. The standard InChI is InChI=1S/C18H29N5O/c1-2-19-18(21-10-8-16-6-5-15-24-16)23-13-11-22(12-14-23)17-7-3-4-9-20-17/h3-4,7,9,16H,2,5-6,8,10-15H2,1H3,(H,19,21). The maximum absolute atomic E-state index is 5.69. The average Bonchev–Trinajstić information content (AvgIpc) is 3.15. The third-order valence-electron chi connectivity index (χ3n) is 4.62. The van der Waals surface area contributed by atoms with Crippen molar-refractivity contribution in [2.24, 2.45) is 4.99 Å². The zero-order chi connectivity index (χ0) is 16.6. The number of ether oxygens (including phenoxy) is 1. The molecule has 3 heterocycles. The molecule has 0 saturated carbocycles. The SMILES string of the molecule is CCNC(=NCCC1CCCO1)N1CCN(c2ccccn2)CC1. The molecular weight excluding hydrogens is 302 g/mol. The minimum Gasteiger partial charge on any atom is -0.378 e. The van der Waals surface area contributed by atoms with E-state index in [4.69, 9.17) is 9.73 Å². The van der Waals surface area contributed by atoms with Gasteiger partial charge in [0.25, 0.3) is 0 Å². The second-order valence-corrected chi connectivity index (χ2v) is 6.32. The molecule has 1 unspecified atom stereocenters. The average molecular weight is 331 g/mol. The Morgan fingerprint density at radius 2 is 2.21 bits per heavy atom. The number of anilines is 1. The molecule has 6 heteroatoms. The summed E-state index contributed by atoms with van der Waals surface area (Å²) in [5, 5.41) is 3.43. The second kappa shape index (κ2) is 8.87. The molecule has 24 heavy (non-hydrogen) atoms. The van der Waals surface area contributed by atoms with Crippen LogP contribution in [0.4, 0.5) is 5.82 Å². The van der Waals surface area contributed by atoms with Gasteiger partial charge in [0.15, 0.2) is 5.96 Å². The van der Waals surface area contributed by atoms with Gasteiger partial charge < -0.3 is 19.9 Å². The summed E-state index contributed by atoms with van der Waals surface area (Å²) in [5.74, 6) is 2.11. The highest BCUT2D eigenvalue weighted by Crippen LogP contribution is 2.15. The van der Waals surface area contributed by atoms with Crippen LogP contribution in [0.3, 0.4) is 0 Å². The summed E-state index contributed by atoms with van der Waals surface area (Å²) in [6, 6.07) is 6.09. The number of aliphatic imine (C=N–C) groups is 1. The van der Waals surface area contributed by atoms with Gasteiger partial charge in [-0.2, -0.15) is 0 Å². The number of nitrogens with one attached hydrogen (secondary N) is 1. The van der Waals surface area contributed by atoms with E-state index in [9.17, 15) is 0 Å². The quantitative estimate of drug-likeness (QED) is 0.658. The first-order valence-corrected chi connectivity index (χ1v) is 9.17. The fourth-order valence-electron chi connectivity index (χ4n) is 3.30. The van der Waals surface area contributed by atoms with Crippen LogP contribution in [0, 0.1) is 0 Å². The molecule has 6 nitrogen and oxygen atoms in total. The highest BCUT2D eigenvalue weighted by atomic mass is 16.5. The lowest BCUT2D eigenvalue weighted by Gasteiger charge is -2.37. The van der Waals surface area contributed by atoms with Crippen molar-refractivity contribution in [3.8, 4) is 0 Å². The van der Waals surface area contributed by atoms with Crippen molar-refractivity contribution in [3.63, 3.8) is 0 Å². The van der Waals surface area contributed by atoms with Crippen molar-refractivity contribution in [1.82, 2.24) is 15.2 Å². The number of guanidine groups is 1. The minimum atomic E-state index is 0.414. The molecule has 1 aromatic heterocycles. The molecule has 0 spiro atoms. The first-order valence-electron chi connectivity index (χ1n) is 9.17. The zero-order valence-electron chi connectivity index (χ0n) is 14.7. The van der Waals surface area contributed by atoms with Gasteiger partial charge in [0.2, 0.25) is 0 Å². The summed E-state index contributed by atoms with van der Waals surface area (Å²) in [6.45, 7) is 8.70. The van der Waals surface area contributed by atoms with Crippen LogP contribution in [0.1, 0.15) is 26.2 Å². The number of hydrogen-bond acceptors (Lipinski definition) is 4. The van der Waals surface area contributed by atoms with Gasteiger partial charge in [-0.25, -0.2) is 4.98 Å². The first-order chi connectivity index (χ1) is 11.9. The minimum absolute atomic E-state index is 0.414. The molecule has 0 bridgehead atoms. The molecule has 1 aromatic rings. The van der Waals surface area contributed by atoms with Crippen LogP contribution in [0.2, 0.25) is 0 Å². The molecule has 2 fully saturated rings. The van der Waals surface area contributed by atoms with Crippen LogP contribution in [-0.4, -0.2) is 67.8 Å². The van der Waals surface area contributed by atoms with Gasteiger partial charge in [-0.05, 0) is 38.3 Å². The number of aromatic nitrogens is 1. The normalized spacial score (nSPS) is 22.0. The Balaban J connectivity index is 1.51. The molecule has 132 valence electrons. The van der Waals surface area contributed by atoms with E-state index in [-0.39, 0.29) is 0 Å². The van der Waals surface area contributed by atoms with E-state index >= 15 is 0 Å².